The molecule has 0 saturated carbocycles. The molecule has 0 aromatic heterocycles. The molecule has 0 bridgehead atoms. The van der Waals surface area contributed by atoms with Gasteiger partial charge in [-0.15, -0.1) is 0 Å². The van der Waals surface area contributed by atoms with Crippen molar-refractivity contribution in [3.05, 3.63) is 10.1 Å². The lowest BCUT2D eigenvalue weighted by Crippen LogP contribution is -2.50. The summed E-state index contributed by atoms with van der Waals surface area (Å²) in [6, 6.07) is -2.45. The Morgan fingerprint density at radius 2 is 1.92 bits per heavy atom. The van der Waals surface area contributed by atoms with Crippen LogP contribution in [-0.2, 0) is 0 Å². The van der Waals surface area contributed by atoms with Gasteiger partial charge in [0.1, 0.15) is 6.04 Å². The number of halogens is 4. The first-order chi connectivity index (χ1) is 5.28. The molecule has 0 spiro atoms. The summed E-state index contributed by atoms with van der Waals surface area (Å²) in [4.78, 5) is 8.46. The molecule has 0 aliphatic rings. The first kappa shape index (κ1) is 11.1. The van der Waals surface area contributed by atoms with Crippen molar-refractivity contribution in [2.24, 2.45) is 5.73 Å². The van der Waals surface area contributed by atoms with E-state index in [2.05, 4.69) is 5.73 Å². The fourth-order valence-electron chi connectivity index (χ4n) is 0.444. The zero-order valence-corrected chi connectivity index (χ0v) is 5.71. The Morgan fingerprint density at radius 1 is 1.50 bits per heavy atom. The molecule has 0 saturated heterocycles. The summed E-state index contributed by atoms with van der Waals surface area (Å²) >= 11 is 0. The van der Waals surface area contributed by atoms with Crippen LogP contribution in [0.1, 0.15) is 0 Å². The Bertz CT molecular complexity index is 174. The third kappa shape index (κ3) is 2.61. The van der Waals surface area contributed by atoms with Gasteiger partial charge in [-0.2, -0.15) is 8.78 Å². The van der Waals surface area contributed by atoms with Crippen LogP contribution >= 0.6 is 0 Å². The number of nitrogens with two attached hydrogens (primary N) is 1. The van der Waals surface area contributed by atoms with E-state index < -0.39 is 29.9 Å². The molecule has 0 heterocycles. The van der Waals surface area contributed by atoms with Gasteiger partial charge >= 0.3 is 12.3 Å². The van der Waals surface area contributed by atoms with Crippen LogP contribution in [0, 0.1) is 10.1 Å². The van der Waals surface area contributed by atoms with Crippen LogP contribution in [0.25, 0.3) is 0 Å². The van der Waals surface area contributed by atoms with E-state index in [1.54, 1.807) is 0 Å². The zero-order chi connectivity index (χ0) is 9.94. The van der Waals surface area contributed by atoms with Gasteiger partial charge in [-0.3, -0.25) is 10.1 Å². The molecule has 0 aromatic rings. The van der Waals surface area contributed by atoms with Crippen molar-refractivity contribution in [1.82, 2.24) is 0 Å². The maximum absolute atomic E-state index is 12.1. The number of nitrogens with zero attached hydrogens (tertiary/aromatic N) is 1. The number of nitro groups is 1. The minimum absolute atomic E-state index is 1.17. The van der Waals surface area contributed by atoms with Gasteiger partial charge in [0.15, 0.2) is 0 Å². The van der Waals surface area contributed by atoms with E-state index in [9.17, 15) is 27.7 Å². The first-order valence-electron chi connectivity index (χ1n) is 2.81. The van der Waals surface area contributed by atoms with Gasteiger partial charge in [0.2, 0.25) is 6.54 Å². The van der Waals surface area contributed by atoms with Gasteiger partial charge in [0, 0.05) is 4.92 Å². The molecule has 4 nitrogen and oxygen atoms in total. The highest BCUT2D eigenvalue weighted by atomic mass is 19.3. The number of rotatable bonds is 4. The van der Waals surface area contributed by atoms with Crippen LogP contribution in [0.15, 0.2) is 0 Å². The number of hydrogen-bond donors (Lipinski definition) is 1. The van der Waals surface area contributed by atoms with E-state index >= 15 is 0 Å². The van der Waals surface area contributed by atoms with E-state index in [0.29, 0.717) is 0 Å². The molecule has 0 aromatic carbocycles. The van der Waals surface area contributed by atoms with E-state index in [1.165, 1.54) is 0 Å². The Balaban J connectivity index is 4.24. The SMILES string of the molecule is NC(C[N+](=O)[O-])C(F)(F)C(F)F. The van der Waals surface area contributed by atoms with E-state index in [4.69, 9.17) is 0 Å². The van der Waals surface area contributed by atoms with Crippen LogP contribution < -0.4 is 5.73 Å². The van der Waals surface area contributed by atoms with Crippen LogP contribution in [-0.4, -0.2) is 29.9 Å². The van der Waals surface area contributed by atoms with Crippen molar-refractivity contribution in [2.45, 2.75) is 18.4 Å². The molecular formula is C4H6F4N2O2. The monoisotopic (exact) mass is 190 g/mol. The Morgan fingerprint density at radius 3 is 2.17 bits per heavy atom. The smallest absolute Gasteiger partial charge is 0.317 e. The van der Waals surface area contributed by atoms with Crippen LogP contribution in [0.3, 0.4) is 0 Å². The summed E-state index contributed by atoms with van der Waals surface area (Å²) in [5, 5.41) is 9.63. The highest BCUT2D eigenvalue weighted by molar-refractivity contribution is 4.82. The predicted octanol–water partition coefficient (Wildman–Crippen LogP) is 0.491. The van der Waals surface area contributed by atoms with Crippen molar-refractivity contribution >= 4 is 0 Å². The second-order valence-electron chi connectivity index (χ2n) is 2.10. The van der Waals surface area contributed by atoms with Gasteiger partial charge in [-0.1, -0.05) is 0 Å². The standard InChI is InChI=1S/C4H6F4N2O2/c5-3(6)4(7,8)2(9)1-10(11)12/h2-3H,1,9H2. The number of hydrogen-bond acceptors (Lipinski definition) is 3. The normalized spacial score (nSPS) is 14.8. The minimum atomic E-state index is -4.51. The summed E-state index contributed by atoms with van der Waals surface area (Å²) in [6.07, 6.45) is -3.98. The van der Waals surface area contributed by atoms with Crippen molar-refractivity contribution < 1.29 is 22.5 Å². The zero-order valence-electron chi connectivity index (χ0n) is 5.71. The third-order valence-electron chi connectivity index (χ3n) is 1.13. The molecule has 12 heavy (non-hydrogen) atoms. The van der Waals surface area contributed by atoms with Gasteiger partial charge in [-0.05, 0) is 0 Å². The van der Waals surface area contributed by atoms with Crippen molar-refractivity contribution in [1.29, 1.82) is 0 Å². The summed E-state index contributed by atoms with van der Waals surface area (Å²) in [7, 11) is 0. The van der Waals surface area contributed by atoms with Crippen molar-refractivity contribution in [3.8, 4) is 0 Å². The lowest BCUT2D eigenvalue weighted by atomic mass is 10.1. The van der Waals surface area contributed by atoms with Gasteiger partial charge in [-0.25, -0.2) is 8.78 Å². The topological polar surface area (TPSA) is 69.2 Å². The number of alkyl halides is 4. The average Bonchev–Trinajstić information content (AvgIpc) is 1.85. The van der Waals surface area contributed by atoms with E-state index in [1.807, 2.05) is 0 Å². The molecule has 0 aliphatic carbocycles. The van der Waals surface area contributed by atoms with Crippen molar-refractivity contribution in [2.75, 3.05) is 6.54 Å². The Kier molecular flexibility index (Phi) is 3.37. The molecule has 72 valence electrons. The molecule has 0 amide bonds. The third-order valence-corrected chi connectivity index (χ3v) is 1.13. The quantitative estimate of drug-likeness (QED) is 0.398. The van der Waals surface area contributed by atoms with Gasteiger partial charge in [0.05, 0.1) is 0 Å². The highest BCUT2D eigenvalue weighted by Gasteiger charge is 2.49. The molecule has 1 unspecified atom stereocenters. The molecular weight excluding hydrogens is 184 g/mol. The maximum atomic E-state index is 12.1. The first-order valence-corrected chi connectivity index (χ1v) is 2.81. The van der Waals surface area contributed by atoms with Crippen LogP contribution in [0.5, 0.6) is 0 Å². The summed E-state index contributed by atoms with van der Waals surface area (Å²) in [5.74, 6) is -4.51. The van der Waals surface area contributed by atoms with Gasteiger partial charge < -0.3 is 5.73 Å². The van der Waals surface area contributed by atoms with E-state index in [-0.39, 0.29) is 0 Å². The molecule has 2 N–H and O–H groups in total. The summed E-state index contributed by atoms with van der Waals surface area (Å²) < 4.78 is 47.2. The molecule has 0 aliphatic heterocycles. The largest absolute Gasteiger partial charge is 0.328 e. The highest BCUT2D eigenvalue weighted by Crippen LogP contribution is 2.25. The Hall–Kier alpha value is -0.920. The molecule has 8 heteroatoms. The lowest BCUT2D eigenvalue weighted by Gasteiger charge is -2.18. The lowest BCUT2D eigenvalue weighted by molar-refractivity contribution is -0.488. The van der Waals surface area contributed by atoms with E-state index in [0.717, 1.165) is 0 Å². The predicted molar refractivity (Wildman–Crippen MR) is 30.8 cm³/mol. The fraction of sp³-hybridized carbons (Fsp3) is 1.00. The minimum Gasteiger partial charge on any atom is -0.317 e. The molecule has 0 fully saturated rings. The Labute approximate surface area is 64.5 Å². The van der Waals surface area contributed by atoms with Crippen molar-refractivity contribution in [3.63, 3.8) is 0 Å². The molecule has 0 radical (unpaired) electrons. The summed E-state index contributed by atoms with van der Waals surface area (Å²) in [5.41, 5.74) is 4.48. The summed E-state index contributed by atoms with van der Waals surface area (Å²) in [6.45, 7) is -1.38. The fourth-order valence-corrected chi connectivity index (χ4v) is 0.444. The average molecular weight is 190 g/mol. The molecule has 0 rings (SSSR count). The molecule has 1 atom stereocenters. The van der Waals surface area contributed by atoms with Gasteiger partial charge in [0.25, 0.3) is 0 Å². The van der Waals surface area contributed by atoms with Crippen LogP contribution in [0.2, 0.25) is 0 Å². The second kappa shape index (κ2) is 3.65. The maximum Gasteiger partial charge on any atom is 0.328 e. The second-order valence-corrected chi connectivity index (χ2v) is 2.10. The van der Waals surface area contributed by atoms with Crippen LogP contribution in [0.4, 0.5) is 17.6 Å².